The van der Waals surface area contributed by atoms with E-state index < -0.39 is 0 Å². The molecule has 1 heteroatoms. The van der Waals surface area contributed by atoms with Gasteiger partial charge in [-0.3, -0.25) is 0 Å². The van der Waals surface area contributed by atoms with E-state index in [0.717, 1.165) is 12.1 Å². The molecule has 3 rings (SSSR count). The third-order valence-corrected chi connectivity index (χ3v) is 5.03. The Kier molecular flexibility index (Phi) is 3.73. The van der Waals surface area contributed by atoms with Gasteiger partial charge in [-0.2, -0.15) is 0 Å². The lowest BCUT2D eigenvalue weighted by molar-refractivity contribution is 0.176. The highest BCUT2D eigenvalue weighted by Crippen LogP contribution is 2.36. The molecule has 0 radical (unpaired) electrons. The summed E-state index contributed by atoms with van der Waals surface area (Å²) >= 11 is 0. The van der Waals surface area contributed by atoms with Crippen molar-refractivity contribution in [1.29, 1.82) is 0 Å². The van der Waals surface area contributed by atoms with Gasteiger partial charge in [0.25, 0.3) is 0 Å². The predicted molar refractivity (Wildman–Crippen MR) is 72.9 cm³/mol. The van der Waals surface area contributed by atoms with E-state index in [9.17, 15) is 0 Å². The normalized spacial score (nSPS) is 27.4. The summed E-state index contributed by atoms with van der Waals surface area (Å²) in [6.07, 6.45) is 19.9. The number of hydrogen-bond donors (Lipinski definition) is 0. The molecule has 0 aromatic heterocycles. The third kappa shape index (κ3) is 2.53. The van der Waals surface area contributed by atoms with Gasteiger partial charge in [-0.15, -0.1) is 0 Å². The van der Waals surface area contributed by atoms with Gasteiger partial charge in [-0.25, -0.2) is 0 Å². The highest BCUT2D eigenvalue weighted by atomic mass is 15.2. The molecule has 1 nitrogen and oxygen atoms in total. The second-order valence-corrected chi connectivity index (χ2v) is 6.23. The summed E-state index contributed by atoms with van der Waals surface area (Å²) in [7, 11) is 0. The molecular weight excluding hydrogens is 206 g/mol. The van der Waals surface area contributed by atoms with Crippen LogP contribution in [0.4, 0.5) is 0 Å². The van der Waals surface area contributed by atoms with E-state index in [0.29, 0.717) is 0 Å². The molecule has 3 aliphatic rings. The van der Waals surface area contributed by atoms with Crippen LogP contribution in [0.1, 0.15) is 77.0 Å². The van der Waals surface area contributed by atoms with Crippen LogP contribution < -0.4 is 0 Å². The molecule has 0 bridgehead atoms. The summed E-state index contributed by atoms with van der Waals surface area (Å²) in [5.41, 5.74) is 1.73. The van der Waals surface area contributed by atoms with E-state index in [1.165, 1.54) is 77.0 Å². The summed E-state index contributed by atoms with van der Waals surface area (Å²) in [4.78, 5) is 2.90. The summed E-state index contributed by atoms with van der Waals surface area (Å²) in [5.74, 6) is 0. The van der Waals surface area contributed by atoms with Crippen molar-refractivity contribution in [2.24, 2.45) is 0 Å². The Labute approximate surface area is 106 Å². The molecule has 0 aromatic rings. The number of allylic oxidation sites excluding steroid dienone is 2. The number of hydrogen-bond acceptors (Lipinski definition) is 1. The monoisotopic (exact) mass is 233 g/mol. The molecule has 0 saturated heterocycles. The Bertz CT molecular complexity index is 253. The van der Waals surface area contributed by atoms with Crippen LogP contribution in [0.15, 0.2) is 11.8 Å². The van der Waals surface area contributed by atoms with Crippen LogP contribution in [-0.2, 0) is 0 Å². The van der Waals surface area contributed by atoms with Gasteiger partial charge in [0.15, 0.2) is 0 Å². The van der Waals surface area contributed by atoms with E-state index in [1.807, 2.05) is 0 Å². The lowest BCUT2D eigenvalue weighted by Gasteiger charge is -2.40. The van der Waals surface area contributed by atoms with Crippen molar-refractivity contribution in [3.05, 3.63) is 11.8 Å². The Morgan fingerprint density at radius 1 is 0.765 bits per heavy atom. The summed E-state index contributed by atoms with van der Waals surface area (Å²) in [5, 5.41) is 0. The van der Waals surface area contributed by atoms with Crippen molar-refractivity contribution in [2.45, 2.75) is 89.1 Å². The minimum Gasteiger partial charge on any atom is -0.369 e. The SMILES string of the molecule is C1=C(N(C2CCCC2)C2CCCC2)CCCC1. The van der Waals surface area contributed by atoms with Crippen LogP contribution in [0.2, 0.25) is 0 Å². The Hall–Kier alpha value is -0.460. The van der Waals surface area contributed by atoms with Gasteiger partial charge in [0, 0.05) is 17.8 Å². The molecule has 2 fully saturated rings. The fourth-order valence-corrected chi connectivity index (χ4v) is 4.19. The second kappa shape index (κ2) is 5.46. The highest BCUT2D eigenvalue weighted by Gasteiger charge is 2.31. The third-order valence-electron chi connectivity index (χ3n) is 5.03. The van der Waals surface area contributed by atoms with E-state index in [-0.39, 0.29) is 0 Å². The molecule has 0 spiro atoms. The van der Waals surface area contributed by atoms with Crippen LogP contribution >= 0.6 is 0 Å². The van der Waals surface area contributed by atoms with Gasteiger partial charge in [-0.1, -0.05) is 31.8 Å². The standard InChI is InChI=1S/C16H27N/c1-2-8-14(9-3-1)17(15-10-4-5-11-15)16-12-6-7-13-16/h8,15-16H,1-7,9-13H2. The van der Waals surface area contributed by atoms with Gasteiger partial charge in [0.2, 0.25) is 0 Å². The minimum atomic E-state index is 0.905. The maximum absolute atomic E-state index is 2.90. The highest BCUT2D eigenvalue weighted by molar-refractivity contribution is 5.09. The topological polar surface area (TPSA) is 3.24 Å². The predicted octanol–water partition coefficient (Wildman–Crippen LogP) is 4.63. The summed E-state index contributed by atoms with van der Waals surface area (Å²) in [6.45, 7) is 0. The fourth-order valence-electron chi connectivity index (χ4n) is 4.19. The summed E-state index contributed by atoms with van der Waals surface area (Å²) in [6, 6.07) is 1.81. The Balaban J connectivity index is 1.76. The van der Waals surface area contributed by atoms with Crippen molar-refractivity contribution in [3.8, 4) is 0 Å². The van der Waals surface area contributed by atoms with Crippen LogP contribution in [0, 0.1) is 0 Å². The van der Waals surface area contributed by atoms with Gasteiger partial charge in [0.1, 0.15) is 0 Å². The molecule has 17 heavy (non-hydrogen) atoms. The Morgan fingerprint density at radius 3 is 1.82 bits per heavy atom. The maximum atomic E-state index is 2.90. The van der Waals surface area contributed by atoms with Crippen molar-refractivity contribution in [2.75, 3.05) is 0 Å². The van der Waals surface area contributed by atoms with Crippen molar-refractivity contribution < 1.29 is 0 Å². The molecular formula is C16H27N. The van der Waals surface area contributed by atoms with Crippen LogP contribution in [0.3, 0.4) is 0 Å². The average Bonchev–Trinajstić information content (AvgIpc) is 3.04. The zero-order chi connectivity index (χ0) is 11.5. The smallest absolute Gasteiger partial charge is 0.0289 e. The molecule has 0 aromatic carbocycles. The zero-order valence-electron chi connectivity index (χ0n) is 11.2. The van der Waals surface area contributed by atoms with E-state index in [4.69, 9.17) is 0 Å². The first-order valence-electron chi connectivity index (χ1n) is 7.92. The minimum absolute atomic E-state index is 0.905. The molecule has 0 amide bonds. The maximum Gasteiger partial charge on any atom is 0.0289 e. The van der Waals surface area contributed by atoms with Crippen molar-refractivity contribution in [1.82, 2.24) is 4.90 Å². The molecule has 0 N–H and O–H groups in total. The molecule has 0 aliphatic heterocycles. The first-order chi connectivity index (χ1) is 8.45. The molecule has 2 saturated carbocycles. The lowest BCUT2D eigenvalue weighted by Crippen LogP contribution is -2.40. The van der Waals surface area contributed by atoms with Crippen LogP contribution in [0.25, 0.3) is 0 Å². The quantitative estimate of drug-likeness (QED) is 0.687. The van der Waals surface area contributed by atoms with Crippen LogP contribution in [-0.4, -0.2) is 17.0 Å². The van der Waals surface area contributed by atoms with E-state index in [2.05, 4.69) is 11.0 Å². The summed E-state index contributed by atoms with van der Waals surface area (Å²) < 4.78 is 0. The van der Waals surface area contributed by atoms with Gasteiger partial charge < -0.3 is 4.90 Å². The second-order valence-electron chi connectivity index (χ2n) is 6.23. The molecule has 3 aliphatic carbocycles. The Morgan fingerprint density at radius 2 is 1.35 bits per heavy atom. The molecule has 0 heterocycles. The number of rotatable bonds is 3. The van der Waals surface area contributed by atoms with Gasteiger partial charge in [0.05, 0.1) is 0 Å². The molecule has 96 valence electrons. The average molecular weight is 233 g/mol. The van der Waals surface area contributed by atoms with Gasteiger partial charge in [-0.05, 0) is 51.4 Å². The first-order valence-corrected chi connectivity index (χ1v) is 7.92. The van der Waals surface area contributed by atoms with E-state index >= 15 is 0 Å². The van der Waals surface area contributed by atoms with Crippen molar-refractivity contribution >= 4 is 0 Å². The van der Waals surface area contributed by atoms with Crippen LogP contribution in [0.5, 0.6) is 0 Å². The largest absolute Gasteiger partial charge is 0.369 e. The van der Waals surface area contributed by atoms with Crippen molar-refractivity contribution in [3.63, 3.8) is 0 Å². The molecule has 0 unspecified atom stereocenters. The van der Waals surface area contributed by atoms with Gasteiger partial charge >= 0.3 is 0 Å². The number of nitrogens with zero attached hydrogens (tertiary/aromatic N) is 1. The fraction of sp³-hybridized carbons (Fsp3) is 0.875. The van der Waals surface area contributed by atoms with E-state index in [1.54, 1.807) is 5.70 Å². The zero-order valence-corrected chi connectivity index (χ0v) is 11.2. The first kappa shape index (κ1) is 11.6. The molecule has 0 atom stereocenters. The lowest BCUT2D eigenvalue weighted by atomic mass is 9.99.